The zero-order valence-electron chi connectivity index (χ0n) is 12.8. The van der Waals surface area contributed by atoms with E-state index in [1.54, 1.807) is 7.11 Å². The van der Waals surface area contributed by atoms with Crippen LogP contribution < -0.4 is 10.6 Å². The number of amides is 1. The molecule has 2 N–H and O–H groups in total. The zero-order chi connectivity index (χ0) is 16.2. The highest BCUT2D eigenvalue weighted by Gasteiger charge is 2.32. The molecule has 1 aliphatic heterocycles. The van der Waals surface area contributed by atoms with Crippen LogP contribution in [-0.2, 0) is 4.74 Å². The molecule has 1 fully saturated rings. The number of methoxy groups -OCH3 is 1. The molecule has 0 radical (unpaired) electrons. The number of piperidine rings is 1. The van der Waals surface area contributed by atoms with Crippen molar-refractivity contribution < 1.29 is 22.7 Å². The molecule has 1 aromatic carbocycles. The van der Waals surface area contributed by atoms with Gasteiger partial charge in [0.15, 0.2) is 17.5 Å². The fraction of sp³-hybridized carbons (Fsp3) is 0.533. The van der Waals surface area contributed by atoms with Crippen molar-refractivity contribution in [1.82, 2.24) is 10.6 Å². The smallest absolute Gasteiger partial charge is 0.251 e. The molecule has 0 unspecified atom stereocenters. The molecule has 4 nitrogen and oxygen atoms in total. The number of nitrogens with one attached hydrogen (secondary N) is 2. The van der Waals surface area contributed by atoms with E-state index in [-0.39, 0.29) is 23.4 Å². The number of hydrogen-bond donors (Lipinski definition) is 2. The van der Waals surface area contributed by atoms with Crippen molar-refractivity contribution in [3.05, 3.63) is 35.1 Å². The summed E-state index contributed by atoms with van der Waals surface area (Å²) in [6, 6.07) is 1.39. The van der Waals surface area contributed by atoms with Gasteiger partial charge < -0.3 is 15.4 Å². The fourth-order valence-electron chi connectivity index (χ4n) is 2.69. The lowest BCUT2D eigenvalue weighted by molar-refractivity contribution is 0.0511. The van der Waals surface area contributed by atoms with Crippen LogP contribution in [0.5, 0.6) is 0 Å². The maximum atomic E-state index is 13.2. The molecule has 1 heterocycles. The number of carbonyl (C=O) groups excluding carboxylic acids is 1. The Morgan fingerprint density at radius 1 is 1.26 bits per heavy atom. The summed E-state index contributed by atoms with van der Waals surface area (Å²) in [6.45, 7) is 2.46. The molecule has 1 aromatic rings. The Balaban J connectivity index is 0.00000264. The standard InChI is InChI=1S/C15H19F3N2O2.ClH/c1-22-9-15(2-4-19-5-3-15)8-20-14(21)10-6-11(16)13(18)12(17)7-10;/h6-7,19H,2-5,8-9H2,1H3,(H,20,21);1H. The number of hydrogen-bond acceptors (Lipinski definition) is 3. The van der Waals surface area contributed by atoms with E-state index in [4.69, 9.17) is 4.74 Å². The maximum Gasteiger partial charge on any atom is 0.251 e. The highest BCUT2D eigenvalue weighted by Crippen LogP contribution is 2.28. The second kappa shape index (κ2) is 8.52. The Morgan fingerprint density at radius 2 is 1.83 bits per heavy atom. The fourth-order valence-corrected chi connectivity index (χ4v) is 2.69. The Bertz CT molecular complexity index is 523. The van der Waals surface area contributed by atoms with Gasteiger partial charge in [-0.15, -0.1) is 12.4 Å². The number of halogens is 4. The van der Waals surface area contributed by atoms with Gasteiger partial charge in [-0.25, -0.2) is 13.2 Å². The summed E-state index contributed by atoms with van der Waals surface area (Å²) >= 11 is 0. The highest BCUT2D eigenvalue weighted by atomic mass is 35.5. The Labute approximate surface area is 139 Å². The molecule has 8 heteroatoms. The van der Waals surface area contributed by atoms with Crippen molar-refractivity contribution in [2.24, 2.45) is 5.41 Å². The second-order valence-electron chi connectivity index (χ2n) is 5.62. The first-order valence-electron chi connectivity index (χ1n) is 7.10. The average Bonchev–Trinajstić information content (AvgIpc) is 2.51. The van der Waals surface area contributed by atoms with Crippen LogP contribution in [-0.4, -0.2) is 39.3 Å². The molecule has 23 heavy (non-hydrogen) atoms. The van der Waals surface area contributed by atoms with Crippen molar-refractivity contribution in [2.75, 3.05) is 33.4 Å². The van der Waals surface area contributed by atoms with Crippen LogP contribution in [0.2, 0.25) is 0 Å². The third-order valence-electron chi connectivity index (χ3n) is 3.98. The van der Waals surface area contributed by atoms with Crippen molar-refractivity contribution in [3.8, 4) is 0 Å². The van der Waals surface area contributed by atoms with Crippen LogP contribution in [0.15, 0.2) is 12.1 Å². The van der Waals surface area contributed by atoms with Crippen LogP contribution in [0.25, 0.3) is 0 Å². The van der Waals surface area contributed by atoms with E-state index in [0.29, 0.717) is 25.3 Å². The molecule has 0 saturated carbocycles. The Morgan fingerprint density at radius 3 is 2.35 bits per heavy atom. The molecule has 130 valence electrons. The third-order valence-corrected chi connectivity index (χ3v) is 3.98. The van der Waals surface area contributed by atoms with Gasteiger partial charge in [-0.2, -0.15) is 0 Å². The molecule has 0 aromatic heterocycles. The first-order chi connectivity index (χ1) is 10.5. The molecule has 1 saturated heterocycles. The van der Waals surface area contributed by atoms with Crippen LogP contribution >= 0.6 is 12.4 Å². The first-order valence-corrected chi connectivity index (χ1v) is 7.10. The predicted molar refractivity (Wildman–Crippen MR) is 82.3 cm³/mol. The largest absolute Gasteiger partial charge is 0.384 e. The van der Waals surface area contributed by atoms with Gasteiger partial charge in [-0.3, -0.25) is 4.79 Å². The third kappa shape index (κ3) is 4.83. The molecule has 2 rings (SSSR count). The zero-order valence-corrected chi connectivity index (χ0v) is 13.6. The second-order valence-corrected chi connectivity index (χ2v) is 5.62. The van der Waals surface area contributed by atoms with Crippen LogP contribution in [0, 0.1) is 22.9 Å². The number of rotatable bonds is 5. The van der Waals surface area contributed by atoms with Crippen LogP contribution in [0.4, 0.5) is 13.2 Å². The van der Waals surface area contributed by atoms with Crippen molar-refractivity contribution in [2.45, 2.75) is 12.8 Å². The quantitative estimate of drug-likeness (QED) is 0.799. The summed E-state index contributed by atoms with van der Waals surface area (Å²) in [5.74, 6) is -4.96. The monoisotopic (exact) mass is 352 g/mol. The highest BCUT2D eigenvalue weighted by molar-refractivity contribution is 5.94. The van der Waals surface area contributed by atoms with E-state index in [1.807, 2.05) is 0 Å². The van der Waals surface area contributed by atoms with Crippen molar-refractivity contribution in [1.29, 1.82) is 0 Å². The summed E-state index contributed by atoms with van der Waals surface area (Å²) < 4.78 is 44.5. The lowest BCUT2D eigenvalue weighted by atomic mass is 9.79. The van der Waals surface area contributed by atoms with E-state index >= 15 is 0 Å². The van der Waals surface area contributed by atoms with Gasteiger partial charge in [-0.05, 0) is 38.1 Å². The van der Waals surface area contributed by atoms with E-state index in [0.717, 1.165) is 25.9 Å². The SMILES string of the molecule is COCC1(CNC(=O)c2cc(F)c(F)c(F)c2)CCNCC1.Cl. The lowest BCUT2D eigenvalue weighted by Gasteiger charge is -2.37. The number of benzene rings is 1. The summed E-state index contributed by atoms with van der Waals surface area (Å²) in [4.78, 5) is 12.0. The normalized spacial score (nSPS) is 16.5. The van der Waals surface area contributed by atoms with Gasteiger partial charge in [-0.1, -0.05) is 0 Å². The maximum absolute atomic E-state index is 13.2. The van der Waals surface area contributed by atoms with Crippen LogP contribution in [0.1, 0.15) is 23.2 Å². The summed E-state index contributed by atoms with van der Waals surface area (Å²) in [5.41, 5.74) is -0.440. The molecule has 1 aliphatic rings. The Hall–Kier alpha value is -1.31. The Kier molecular flexibility index (Phi) is 7.31. The van der Waals surface area contributed by atoms with Gasteiger partial charge in [0, 0.05) is 24.6 Å². The summed E-state index contributed by atoms with van der Waals surface area (Å²) in [5, 5.41) is 5.90. The first kappa shape index (κ1) is 19.7. The topological polar surface area (TPSA) is 50.4 Å². The molecular formula is C15H20ClF3N2O2. The molecule has 0 aliphatic carbocycles. The van der Waals surface area contributed by atoms with E-state index in [9.17, 15) is 18.0 Å². The average molecular weight is 353 g/mol. The van der Waals surface area contributed by atoms with Gasteiger partial charge in [0.1, 0.15) is 0 Å². The summed E-state index contributed by atoms with van der Waals surface area (Å²) in [7, 11) is 1.59. The van der Waals surface area contributed by atoms with E-state index < -0.39 is 23.4 Å². The minimum atomic E-state index is -1.58. The molecule has 1 amide bonds. The molecular weight excluding hydrogens is 333 g/mol. The predicted octanol–water partition coefficient (Wildman–Crippen LogP) is 2.27. The molecule has 0 spiro atoms. The van der Waals surface area contributed by atoms with Crippen molar-refractivity contribution >= 4 is 18.3 Å². The molecule has 0 bridgehead atoms. The van der Waals surface area contributed by atoms with Crippen LogP contribution in [0.3, 0.4) is 0 Å². The minimum absolute atomic E-state index is 0. The van der Waals surface area contributed by atoms with Gasteiger partial charge in [0.25, 0.3) is 5.91 Å². The van der Waals surface area contributed by atoms with E-state index in [2.05, 4.69) is 10.6 Å². The van der Waals surface area contributed by atoms with E-state index in [1.165, 1.54) is 0 Å². The van der Waals surface area contributed by atoms with Gasteiger partial charge >= 0.3 is 0 Å². The molecule has 0 atom stereocenters. The summed E-state index contributed by atoms with van der Waals surface area (Å²) in [6.07, 6.45) is 1.65. The van der Waals surface area contributed by atoms with Gasteiger partial charge in [0.05, 0.1) is 6.61 Å². The minimum Gasteiger partial charge on any atom is -0.384 e. The van der Waals surface area contributed by atoms with Crippen molar-refractivity contribution in [3.63, 3.8) is 0 Å². The van der Waals surface area contributed by atoms with Gasteiger partial charge in [0.2, 0.25) is 0 Å². The lowest BCUT2D eigenvalue weighted by Crippen LogP contribution is -2.47. The number of carbonyl (C=O) groups is 1. The number of ether oxygens (including phenoxy) is 1.